The maximum atomic E-state index is 6.12. The number of halogens is 1. The molecule has 2 aromatic rings. The van der Waals surface area contributed by atoms with E-state index in [0.29, 0.717) is 13.1 Å². The number of aromatic nitrogens is 1. The Bertz CT molecular complexity index is 753. The first kappa shape index (κ1) is 23.7. The molecule has 0 fully saturated rings. The molecule has 150 valence electrons. The maximum Gasteiger partial charge on any atom is 0.191 e. The summed E-state index contributed by atoms with van der Waals surface area (Å²) >= 11 is 1.70. The molecule has 0 aliphatic rings. The average molecular weight is 502 g/mol. The van der Waals surface area contributed by atoms with Gasteiger partial charge >= 0.3 is 0 Å². The summed E-state index contributed by atoms with van der Waals surface area (Å²) in [5.41, 5.74) is 2.02. The van der Waals surface area contributed by atoms with E-state index < -0.39 is 0 Å². The van der Waals surface area contributed by atoms with E-state index in [0.717, 1.165) is 28.8 Å². The zero-order chi connectivity index (χ0) is 19.2. The molecule has 0 bridgehead atoms. The lowest BCUT2D eigenvalue weighted by molar-refractivity contribution is 0.129. The van der Waals surface area contributed by atoms with Crippen molar-refractivity contribution in [3.05, 3.63) is 45.4 Å². The molecule has 0 unspecified atom stereocenters. The van der Waals surface area contributed by atoms with Crippen LogP contribution in [0.2, 0.25) is 0 Å². The number of hydrogen-bond acceptors (Lipinski definition) is 4. The van der Waals surface area contributed by atoms with Crippen LogP contribution in [0.25, 0.3) is 0 Å². The molecule has 0 radical (unpaired) electrons. The SMILES string of the molecule is CCNC(=NCc1ccc(C)cc1OC(C)(C)C)NCc1ncc(C)s1.I. The van der Waals surface area contributed by atoms with Crippen LogP contribution in [-0.4, -0.2) is 23.1 Å². The van der Waals surface area contributed by atoms with Crippen LogP contribution in [0.1, 0.15) is 48.7 Å². The van der Waals surface area contributed by atoms with Crippen LogP contribution in [0.3, 0.4) is 0 Å². The first-order valence-corrected chi connectivity index (χ1v) is 9.80. The minimum absolute atomic E-state index is 0. The van der Waals surface area contributed by atoms with Crippen molar-refractivity contribution < 1.29 is 4.74 Å². The van der Waals surface area contributed by atoms with Gasteiger partial charge < -0.3 is 15.4 Å². The Morgan fingerprint density at radius 1 is 1.22 bits per heavy atom. The molecule has 0 aliphatic heterocycles. The third-order valence-corrected chi connectivity index (χ3v) is 4.38. The van der Waals surface area contributed by atoms with E-state index in [1.165, 1.54) is 10.4 Å². The first-order chi connectivity index (χ1) is 12.3. The number of aliphatic imine (C=N–C) groups is 1. The molecule has 1 heterocycles. The smallest absolute Gasteiger partial charge is 0.191 e. The van der Waals surface area contributed by atoms with Gasteiger partial charge in [-0.1, -0.05) is 12.1 Å². The van der Waals surface area contributed by atoms with E-state index in [1.807, 2.05) is 6.20 Å². The summed E-state index contributed by atoms with van der Waals surface area (Å²) in [5, 5.41) is 7.69. The van der Waals surface area contributed by atoms with Gasteiger partial charge in [0, 0.05) is 23.2 Å². The van der Waals surface area contributed by atoms with E-state index in [-0.39, 0.29) is 29.6 Å². The van der Waals surface area contributed by atoms with Crippen LogP contribution in [0.5, 0.6) is 5.75 Å². The van der Waals surface area contributed by atoms with Crippen molar-refractivity contribution in [2.75, 3.05) is 6.54 Å². The van der Waals surface area contributed by atoms with Gasteiger partial charge in [-0.15, -0.1) is 35.3 Å². The molecule has 2 N–H and O–H groups in total. The summed E-state index contributed by atoms with van der Waals surface area (Å²) in [6.45, 7) is 14.4. The molecule has 0 saturated carbocycles. The number of nitrogens with zero attached hydrogens (tertiary/aromatic N) is 2. The number of aryl methyl sites for hydroxylation is 2. The second kappa shape index (κ2) is 10.8. The summed E-state index contributed by atoms with van der Waals surface area (Å²) in [5.74, 6) is 1.68. The fourth-order valence-corrected chi connectivity index (χ4v) is 3.09. The highest BCUT2D eigenvalue weighted by atomic mass is 127. The van der Waals surface area contributed by atoms with Crippen LogP contribution >= 0.6 is 35.3 Å². The zero-order valence-corrected chi connectivity index (χ0v) is 20.2. The highest BCUT2D eigenvalue weighted by molar-refractivity contribution is 14.0. The molecule has 0 saturated heterocycles. The van der Waals surface area contributed by atoms with Crippen molar-refractivity contribution in [3.8, 4) is 5.75 Å². The molecule has 0 aliphatic carbocycles. The van der Waals surface area contributed by atoms with Gasteiger partial charge in [0.25, 0.3) is 0 Å². The van der Waals surface area contributed by atoms with Crippen LogP contribution in [0.4, 0.5) is 0 Å². The van der Waals surface area contributed by atoms with Crippen LogP contribution in [0.15, 0.2) is 29.4 Å². The van der Waals surface area contributed by atoms with Gasteiger partial charge in [-0.2, -0.15) is 0 Å². The topological polar surface area (TPSA) is 58.5 Å². The predicted molar refractivity (Wildman–Crippen MR) is 125 cm³/mol. The van der Waals surface area contributed by atoms with Crippen LogP contribution in [-0.2, 0) is 13.1 Å². The molecular formula is C20H31IN4OS. The highest BCUT2D eigenvalue weighted by Gasteiger charge is 2.15. The summed E-state index contributed by atoms with van der Waals surface area (Å²) in [6.07, 6.45) is 1.90. The van der Waals surface area contributed by atoms with E-state index in [1.54, 1.807) is 11.3 Å². The van der Waals surface area contributed by atoms with Crippen molar-refractivity contribution in [2.45, 2.75) is 60.2 Å². The summed E-state index contributed by atoms with van der Waals surface area (Å²) in [4.78, 5) is 10.3. The second-order valence-corrected chi connectivity index (χ2v) is 8.56. The lowest BCUT2D eigenvalue weighted by atomic mass is 10.1. The molecule has 5 nitrogen and oxygen atoms in total. The van der Waals surface area contributed by atoms with E-state index in [4.69, 9.17) is 9.73 Å². The summed E-state index contributed by atoms with van der Waals surface area (Å²) in [7, 11) is 0. The number of hydrogen-bond donors (Lipinski definition) is 2. The maximum absolute atomic E-state index is 6.12. The predicted octanol–water partition coefficient (Wildman–Crippen LogP) is 4.81. The van der Waals surface area contributed by atoms with Gasteiger partial charge in [0.05, 0.1) is 13.1 Å². The Balaban J connectivity index is 0.00000364. The highest BCUT2D eigenvalue weighted by Crippen LogP contribution is 2.25. The average Bonchev–Trinajstić information content (AvgIpc) is 2.95. The number of benzene rings is 1. The lowest BCUT2D eigenvalue weighted by Crippen LogP contribution is -2.36. The third kappa shape index (κ3) is 8.47. The van der Waals surface area contributed by atoms with Gasteiger partial charge in [0.2, 0.25) is 0 Å². The Labute approximate surface area is 184 Å². The molecule has 27 heavy (non-hydrogen) atoms. The van der Waals surface area contributed by atoms with Crippen molar-refractivity contribution >= 4 is 41.3 Å². The summed E-state index contributed by atoms with van der Waals surface area (Å²) in [6, 6.07) is 6.27. The van der Waals surface area contributed by atoms with Crippen molar-refractivity contribution in [3.63, 3.8) is 0 Å². The van der Waals surface area contributed by atoms with Gasteiger partial charge in [0.15, 0.2) is 5.96 Å². The zero-order valence-electron chi connectivity index (χ0n) is 17.0. The normalized spacial score (nSPS) is 11.7. The molecule has 0 amide bonds. The number of guanidine groups is 1. The van der Waals surface area contributed by atoms with Crippen LogP contribution in [0, 0.1) is 13.8 Å². The monoisotopic (exact) mass is 502 g/mol. The van der Waals surface area contributed by atoms with E-state index in [2.05, 4.69) is 75.4 Å². The van der Waals surface area contributed by atoms with Gasteiger partial charge in [-0.3, -0.25) is 0 Å². The van der Waals surface area contributed by atoms with Gasteiger partial charge in [-0.05, 0) is 53.2 Å². The van der Waals surface area contributed by atoms with Gasteiger partial charge in [0.1, 0.15) is 16.4 Å². The number of rotatable bonds is 6. The van der Waals surface area contributed by atoms with Crippen molar-refractivity contribution in [2.24, 2.45) is 4.99 Å². The van der Waals surface area contributed by atoms with Gasteiger partial charge in [-0.25, -0.2) is 9.98 Å². The molecule has 7 heteroatoms. The molecule has 1 aromatic heterocycles. The van der Waals surface area contributed by atoms with E-state index >= 15 is 0 Å². The standard InChI is InChI=1S/C20H30N4OS.HI/c1-7-21-19(24-13-18-22-11-15(3)26-18)23-12-16-9-8-14(2)10-17(16)25-20(4,5)6;/h8-11H,7,12-13H2,1-6H3,(H2,21,23,24);1H. The third-order valence-electron chi connectivity index (χ3n) is 3.47. The Morgan fingerprint density at radius 3 is 2.56 bits per heavy atom. The minimum atomic E-state index is -0.238. The number of nitrogens with one attached hydrogen (secondary N) is 2. The Kier molecular flexibility index (Phi) is 9.52. The largest absolute Gasteiger partial charge is 0.488 e. The molecule has 1 aromatic carbocycles. The fraction of sp³-hybridized carbons (Fsp3) is 0.500. The summed E-state index contributed by atoms with van der Waals surface area (Å²) < 4.78 is 6.12. The Morgan fingerprint density at radius 2 is 1.96 bits per heavy atom. The molecular weight excluding hydrogens is 471 g/mol. The second-order valence-electron chi connectivity index (χ2n) is 7.24. The van der Waals surface area contributed by atoms with E-state index in [9.17, 15) is 0 Å². The first-order valence-electron chi connectivity index (χ1n) is 8.99. The number of thiazole rings is 1. The molecule has 2 rings (SSSR count). The van der Waals surface area contributed by atoms with Crippen molar-refractivity contribution in [1.29, 1.82) is 0 Å². The fourth-order valence-electron chi connectivity index (χ4n) is 2.37. The molecule has 0 atom stereocenters. The van der Waals surface area contributed by atoms with Crippen molar-refractivity contribution in [1.82, 2.24) is 15.6 Å². The quantitative estimate of drug-likeness (QED) is 0.338. The molecule has 0 spiro atoms. The number of ether oxygens (including phenoxy) is 1. The Hall–Kier alpha value is -1.35. The van der Waals surface area contributed by atoms with Crippen LogP contribution < -0.4 is 15.4 Å². The lowest BCUT2D eigenvalue weighted by Gasteiger charge is -2.23. The minimum Gasteiger partial charge on any atom is -0.488 e.